The number of amides is 1. The molecule has 1 aliphatic heterocycles. The van der Waals surface area contributed by atoms with Gasteiger partial charge in [0.25, 0.3) is 5.91 Å². The Bertz CT molecular complexity index is 1370. The molecule has 7 nitrogen and oxygen atoms in total. The molecule has 34 heavy (non-hydrogen) atoms. The molecule has 0 saturated carbocycles. The molecule has 1 fully saturated rings. The highest BCUT2D eigenvalue weighted by atomic mass is 16.5. The lowest BCUT2D eigenvalue weighted by Crippen LogP contribution is -2.36. The van der Waals surface area contributed by atoms with Crippen LogP contribution in [0.4, 0.5) is 0 Å². The van der Waals surface area contributed by atoms with Crippen LogP contribution in [0.3, 0.4) is 0 Å². The Kier molecular flexibility index (Phi) is 6.18. The second kappa shape index (κ2) is 9.57. The van der Waals surface area contributed by atoms with E-state index >= 15 is 0 Å². The van der Waals surface area contributed by atoms with Gasteiger partial charge in [0.15, 0.2) is 5.96 Å². The maximum atomic E-state index is 13.0. The van der Waals surface area contributed by atoms with Crippen molar-refractivity contribution in [3.63, 3.8) is 0 Å². The van der Waals surface area contributed by atoms with Crippen molar-refractivity contribution in [2.45, 2.75) is 25.4 Å². The third-order valence-electron chi connectivity index (χ3n) is 6.34. The summed E-state index contributed by atoms with van der Waals surface area (Å²) in [7, 11) is 1.62. The van der Waals surface area contributed by atoms with Gasteiger partial charge in [0.2, 0.25) is 0 Å². The van der Waals surface area contributed by atoms with Gasteiger partial charge in [0, 0.05) is 41.1 Å². The van der Waals surface area contributed by atoms with Crippen molar-refractivity contribution >= 4 is 33.7 Å². The number of nitrogens with two attached hydrogens (primary N) is 1. The molecule has 1 aliphatic rings. The summed E-state index contributed by atoms with van der Waals surface area (Å²) in [4.78, 5) is 17.3. The third-order valence-corrected chi connectivity index (χ3v) is 6.34. The Labute approximate surface area is 198 Å². The number of hydrogen-bond acceptors (Lipinski definition) is 4. The minimum absolute atomic E-state index is 0.0814. The van der Waals surface area contributed by atoms with E-state index in [9.17, 15) is 4.79 Å². The van der Waals surface area contributed by atoms with E-state index < -0.39 is 0 Å². The molecule has 3 N–H and O–H groups in total. The zero-order valence-electron chi connectivity index (χ0n) is 19.2. The van der Waals surface area contributed by atoms with E-state index in [1.54, 1.807) is 7.11 Å². The minimum atomic E-state index is -0.280. The predicted molar refractivity (Wildman–Crippen MR) is 134 cm³/mol. The molecule has 0 atom stereocenters. The summed E-state index contributed by atoms with van der Waals surface area (Å²) in [5, 5.41) is 5.05. The fraction of sp³-hybridized carbons (Fsp3) is 0.259. The largest absolute Gasteiger partial charge is 0.497 e. The van der Waals surface area contributed by atoms with Gasteiger partial charge >= 0.3 is 0 Å². The fourth-order valence-electron chi connectivity index (χ4n) is 4.65. The molecule has 2 heterocycles. The molecule has 0 unspecified atom stereocenters. The first-order valence-corrected chi connectivity index (χ1v) is 11.5. The zero-order chi connectivity index (χ0) is 23.5. The van der Waals surface area contributed by atoms with Crippen LogP contribution in [-0.4, -0.2) is 36.8 Å². The summed E-state index contributed by atoms with van der Waals surface area (Å²) in [5.74, 6) is 0.555. The van der Waals surface area contributed by atoms with Crippen molar-refractivity contribution in [1.29, 1.82) is 0 Å². The first-order chi connectivity index (χ1) is 16.6. The number of aromatic nitrogens is 1. The molecule has 4 aromatic rings. The summed E-state index contributed by atoms with van der Waals surface area (Å²) in [6.45, 7) is 1.85. The van der Waals surface area contributed by atoms with Crippen molar-refractivity contribution in [2.24, 2.45) is 10.7 Å². The number of aliphatic imine (C=N–C) groups is 1. The number of nitrogens with zero attached hydrogens (tertiary/aromatic N) is 2. The molecule has 1 aromatic heterocycles. The first-order valence-electron chi connectivity index (χ1n) is 11.5. The van der Waals surface area contributed by atoms with Gasteiger partial charge in [0.05, 0.1) is 19.2 Å². The van der Waals surface area contributed by atoms with Gasteiger partial charge in [0.1, 0.15) is 5.75 Å². The van der Waals surface area contributed by atoms with Crippen molar-refractivity contribution in [3.05, 3.63) is 77.9 Å². The Morgan fingerprint density at radius 1 is 1.06 bits per heavy atom. The zero-order valence-corrected chi connectivity index (χ0v) is 19.2. The second-order valence-electron chi connectivity index (χ2n) is 8.47. The van der Waals surface area contributed by atoms with Gasteiger partial charge in [-0.25, -0.2) is 4.99 Å². The average Bonchev–Trinajstić information content (AvgIpc) is 3.21. The van der Waals surface area contributed by atoms with Crippen LogP contribution in [0, 0.1) is 0 Å². The highest BCUT2D eigenvalue weighted by Gasteiger charge is 2.21. The normalized spacial score (nSPS) is 15.0. The minimum Gasteiger partial charge on any atom is -0.497 e. The number of carbonyl (C=O) groups is 1. The molecule has 3 aromatic carbocycles. The topological polar surface area (TPSA) is 90.9 Å². The monoisotopic (exact) mass is 456 g/mol. The molecular weight excluding hydrogens is 428 g/mol. The van der Waals surface area contributed by atoms with E-state index in [4.69, 9.17) is 15.2 Å². The van der Waals surface area contributed by atoms with E-state index in [2.05, 4.69) is 39.1 Å². The van der Waals surface area contributed by atoms with Crippen LogP contribution in [0.1, 0.15) is 34.8 Å². The van der Waals surface area contributed by atoms with Crippen molar-refractivity contribution in [3.8, 4) is 5.75 Å². The number of hydrogen-bond donors (Lipinski definition) is 2. The molecule has 174 valence electrons. The van der Waals surface area contributed by atoms with Gasteiger partial charge in [-0.05, 0) is 48.7 Å². The number of para-hydroxylation sites is 1. The first kappa shape index (κ1) is 22.0. The Morgan fingerprint density at radius 2 is 1.85 bits per heavy atom. The number of fused-ring (bicyclic) bond motifs is 3. The van der Waals surface area contributed by atoms with E-state index in [1.807, 2.05) is 42.5 Å². The molecule has 0 bridgehead atoms. The molecular formula is C27H28N4O3. The predicted octanol–water partition coefficient (Wildman–Crippen LogP) is 4.40. The number of guanidine groups is 1. The summed E-state index contributed by atoms with van der Waals surface area (Å²) < 4.78 is 13.2. The number of carbonyl (C=O) groups excluding carboxylic acids is 1. The smallest absolute Gasteiger partial charge is 0.258 e. The van der Waals surface area contributed by atoms with Gasteiger partial charge in [-0.1, -0.05) is 36.4 Å². The van der Waals surface area contributed by atoms with Crippen molar-refractivity contribution in [1.82, 2.24) is 9.88 Å². The van der Waals surface area contributed by atoms with Crippen molar-refractivity contribution < 1.29 is 14.3 Å². The number of ether oxygens (including phenoxy) is 2. The molecule has 0 aliphatic carbocycles. The van der Waals surface area contributed by atoms with E-state index in [-0.39, 0.29) is 11.9 Å². The molecule has 5 rings (SSSR count). The van der Waals surface area contributed by atoms with Gasteiger partial charge in [-0.15, -0.1) is 0 Å². The number of methoxy groups -OCH3 is 1. The molecule has 7 heteroatoms. The summed E-state index contributed by atoms with van der Waals surface area (Å²) in [6.07, 6.45) is 1.90. The Balaban J connectivity index is 1.42. The van der Waals surface area contributed by atoms with E-state index in [0.717, 1.165) is 48.3 Å². The average molecular weight is 457 g/mol. The number of benzene rings is 3. The lowest BCUT2D eigenvalue weighted by atomic mass is 10.1. The summed E-state index contributed by atoms with van der Waals surface area (Å²) >= 11 is 0. The highest BCUT2D eigenvalue weighted by molar-refractivity contribution is 6.12. The van der Waals surface area contributed by atoms with Gasteiger partial charge < -0.3 is 19.8 Å². The Hall–Kier alpha value is -3.84. The molecule has 0 radical (unpaired) electrons. The maximum absolute atomic E-state index is 13.0. The lowest BCUT2D eigenvalue weighted by molar-refractivity contribution is 0.0717. The highest BCUT2D eigenvalue weighted by Crippen LogP contribution is 2.35. The maximum Gasteiger partial charge on any atom is 0.258 e. The molecule has 0 spiro atoms. The Morgan fingerprint density at radius 3 is 2.68 bits per heavy atom. The van der Waals surface area contributed by atoms with Gasteiger partial charge in [-0.3, -0.25) is 10.1 Å². The second-order valence-corrected chi connectivity index (χ2v) is 8.47. The fourth-order valence-corrected chi connectivity index (χ4v) is 4.65. The lowest BCUT2D eigenvalue weighted by Gasteiger charge is -2.25. The van der Waals surface area contributed by atoms with Crippen LogP contribution in [0.5, 0.6) is 5.75 Å². The van der Waals surface area contributed by atoms with Crippen molar-refractivity contribution in [2.75, 3.05) is 20.3 Å². The third kappa shape index (κ3) is 4.34. The van der Waals surface area contributed by atoms with Gasteiger partial charge in [-0.2, -0.15) is 0 Å². The number of nitrogens with one attached hydrogen (secondary N) is 1. The standard InChI is InChI=1S/C27H28N4O3/c1-33-21-6-4-5-18(15-21)17-29-27(28)30-26(32)19-9-10-23-22-7-2-3-8-24(22)31(25(23)16-19)20-11-13-34-14-12-20/h2-10,15-16,20H,11-14,17H2,1H3,(H3,28,29,30,32). The quantitative estimate of drug-likeness (QED) is 0.344. The summed E-state index contributed by atoms with van der Waals surface area (Å²) in [6, 6.07) is 22.1. The summed E-state index contributed by atoms with van der Waals surface area (Å²) in [5.41, 5.74) is 9.74. The number of rotatable bonds is 5. The molecule has 1 amide bonds. The van der Waals surface area contributed by atoms with Crippen LogP contribution < -0.4 is 15.8 Å². The van der Waals surface area contributed by atoms with Crippen LogP contribution in [-0.2, 0) is 11.3 Å². The van der Waals surface area contributed by atoms with Crippen LogP contribution >= 0.6 is 0 Å². The van der Waals surface area contributed by atoms with Crippen LogP contribution in [0.15, 0.2) is 71.7 Å². The molecule has 1 saturated heterocycles. The SMILES string of the molecule is COc1cccc(CN=C(N)NC(=O)c2ccc3c4ccccc4n(C4CCOCC4)c3c2)c1. The van der Waals surface area contributed by atoms with Crippen LogP contribution in [0.2, 0.25) is 0 Å². The van der Waals surface area contributed by atoms with Crippen LogP contribution in [0.25, 0.3) is 21.8 Å². The van der Waals surface area contributed by atoms with E-state index in [0.29, 0.717) is 18.2 Å². The van der Waals surface area contributed by atoms with E-state index in [1.165, 1.54) is 10.9 Å².